The zero-order valence-corrected chi connectivity index (χ0v) is 14.0. The lowest BCUT2D eigenvalue weighted by Gasteiger charge is -2.23. The highest BCUT2D eigenvalue weighted by atomic mass is 16.6. The van der Waals surface area contributed by atoms with Gasteiger partial charge >= 0.3 is 5.97 Å². The van der Waals surface area contributed by atoms with Gasteiger partial charge in [-0.25, -0.2) is 4.79 Å². The third kappa shape index (κ3) is 3.72. The summed E-state index contributed by atoms with van der Waals surface area (Å²) in [5, 5.41) is 11.1. The number of nitro benzene ring substituents is 1. The Morgan fingerprint density at radius 3 is 2.27 bits per heavy atom. The quantitative estimate of drug-likeness (QED) is 0.467. The molecular formula is C19H18N2O5. The van der Waals surface area contributed by atoms with Crippen LogP contribution in [0.4, 0.5) is 5.69 Å². The van der Waals surface area contributed by atoms with Crippen LogP contribution in [0.3, 0.4) is 0 Å². The molecule has 1 aliphatic rings. The first-order valence-corrected chi connectivity index (χ1v) is 8.36. The molecule has 7 nitrogen and oxygen atoms in total. The highest BCUT2D eigenvalue weighted by Gasteiger charge is 2.32. The molecule has 1 aliphatic heterocycles. The van der Waals surface area contributed by atoms with Crippen molar-refractivity contribution in [3.8, 4) is 0 Å². The maximum atomic E-state index is 12.8. The van der Waals surface area contributed by atoms with Gasteiger partial charge < -0.3 is 9.64 Å². The second kappa shape index (κ2) is 7.77. The number of rotatable bonds is 5. The molecule has 2 aromatic carbocycles. The predicted octanol–water partition coefficient (Wildman–Crippen LogP) is 3.12. The fourth-order valence-electron chi connectivity index (χ4n) is 2.97. The number of carbonyl (C=O) groups excluding carboxylic acids is 2. The molecule has 0 aliphatic carbocycles. The van der Waals surface area contributed by atoms with E-state index in [-0.39, 0.29) is 17.2 Å². The lowest BCUT2D eigenvalue weighted by molar-refractivity contribution is -0.385. The molecule has 26 heavy (non-hydrogen) atoms. The molecule has 1 atom stereocenters. The Bertz CT molecular complexity index is 816. The number of benzene rings is 2. The molecule has 3 rings (SSSR count). The number of nitrogens with zero attached hydrogens (tertiary/aromatic N) is 2. The van der Waals surface area contributed by atoms with Crippen LogP contribution < -0.4 is 0 Å². The van der Waals surface area contributed by atoms with Gasteiger partial charge in [-0.05, 0) is 18.9 Å². The summed E-state index contributed by atoms with van der Waals surface area (Å²) >= 11 is 0. The first-order valence-electron chi connectivity index (χ1n) is 8.36. The van der Waals surface area contributed by atoms with E-state index in [1.807, 2.05) is 0 Å². The van der Waals surface area contributed by atoms with Crippen molar-refractivity contribution in [3.05, 3.63) is 75.8 Å². The smallest absolute Gasteiger partial charge is 0.346 e. The van der Waals surface area contributed by atoms with Crippen molar-refractivity contribution in [1.29, 1.82) is 0 Å². The van der Waals surface area contributed by atoms with Gasteiger partial charge in [0.05, 0.1) is 4.92 Å². The molecule has 2 aromatic rings. The summed E-state index contributed by atoms with van der Waals surface area (Å²) in [6, 6.07) is 14.2. The molecule has 0 saturated carbocycles. The minimum absolute atomic E-state index is 0.173. The first-order chi connectivity index (χ1) is 12.6. The van der Waals surface area contributed by atoms with E-state index in [1.165, 1.54) is 24.3 Å². The van der Waals surface area contributed by atoms with Crippen molar-refractivity contribution >= 4 is 17.6 Å². The number of hydrogen-bond acceptors (Lipinski definition) is 5. The minimum atomic E-state index is -1.12. The summed E-state index contributed by atoms with van der Waals surface area (Å²) in [5.41, 5.74) is 0.0157. The number of esters is 1. The maximum absolute atomic E-state index is 12.8. The molecule has 1 fully saturated rings. The molecule has 0 radical (unpaired) electrons. The predicted molar refractivity (Wildman–Crippen MR) is 93.5 cm³/mol. The van der Waals surface area contributed by atoms with Gasteiger partial charge in [-0.2, -0.15) is 0 Å². The summed E-state index contributed by atoms with van der Waals surface area (Å²) in [7, 11) is 0. The number of ether oxygens (including phenoxy) is 1. The normalized spacial score (nSPS) is 14.7. The monoisotopic (exact) mass is 354 g/mol. The Morgan fingerprint density at radius 1 is 1.00 bits per heavy atom. The molecule has 0 aromatic heterocycles. The molecule has 0 spiro atoms. The molecular weight excluding hydrogens is 336 g/mol. The Morgan fingerprint density at radius 2 is 1.62 bits per heavy atom. The number of likely N-dealkylation sites (tertiary alicyclic amines) is 1. The third-order valence-corrected chi connectivity index (χ3v) is 4.29. The fourth-order valence-corrected chi connectivity index (χ4v) is 2.97. The average Bonchev–Trinajstić information content (AvgIpc) is 3.21. The van der Waals surface area contributed by atoms with E-state index in [4.69, 9.17) is 4.74 Å². The molecule has 0 N–H and O–H groups in total. The van der Waals surface area contributed by atoms with E-state index >= 15 is 0 Å². The van der Waals surface area contributed by atoms with Gasteiger partial charge in [0, 0.05) is 24.7 Å². The second-order valence-corrected chi connectivity index (χ2v) is 6.00. The fraction of sp³-hybridized carbons (Fsp3) is 0.263. The van der Waals surface area contributed by atoms with Crippen molar-refractivity contribution < 1.29 is 19.2 Å². The summed E-state index contributed by atoms with van der Waals surface area (Å²) in [5.74, 6) is -1.20. The summed E-state index contributed by atoms with van der Waals surface area (Å²) in [6.45, 7) is 1.23. The van der Waals surface area contributed by atoms with Crippen molar-refractivity contribution in [3.63, 3.8) is 0 Å². The van der Waals surface area contributed by atoms with Crippen LogP contribution >= 0.6 is 0 Å². The summed E-state index contributed by atoms with van der Waals surface area (Å²) in [6.07, 6.45) is 0.693. The second-order valence-electron chi connectivity index (χ2n) is 6.00. The van der Waals surface area contributed by atoms with Crippen LogP contribution in [-0.2, 0) is 9.53 Å². The lowest BCUT2D eigenvalue weighted by atomic mass is 10.1. The van der Waals surface area contributed by atoms with Crippen LogP contribution in [0.15, 0.2) is 54.6 Å². The van der Waals surface area contributed by atoms with Crippen LogP contribution in [0.5, 0.6) is 0 Å². The summed E-state index contributed by atoms with van der Waals surface area (Å²) < 4.78 is 5.45. The van der Waals surface area contributed by atoms with Gasteiger partial charge in [0.1, 0.15) is 5.56 Å². The van der Waals surface area contributed by atoms with Crippen LogP contribution in [-0.4, -0.2) is 34.8 Å². The van der Waals surface area contributed by atoms with Crippen LogP contribution in [0.1, 0.15) is 34.9 Å². The SMILES string of the molecule is O=C(OC(C(=O)N1CCCC1)c1ccccc1)c1ccccc1[N+](=O)[O-]. The number of carbonyl (C=O) groups is 2. The Balaban J connectivity index is 1.89. The van der Waals surface area contributed by atoms with Crippen molar-refractivity contribution in [2.45, 2.75) is 18.9 Å². The minimum Gasteiger partial charge on any atom is -0.443 e. The third-order valence-electron chi connectivity index (χ3n) is 4.29. The number of nitro groups is 1. The summed E-state index contributed by atoms with van der Waals surface area (Å²) in [4.78, 5) is 37.6. The molecule has 1 unspecified atom stereocenters. The lowest BCUT2D eigenvalue weighted by Crippen LogP contribution is -2.35. The Kier molecular flexibility index (Phi) is 5.26. The van der Waals surface area contributed by atoms with E-state index in [2.05, 4.69) is 0 Å². The number of hydrogen-bond donors (Lipinski definition) is 0. The molecule has 1 amide bonds. The van der Waals surface area contributed by atoms with Crippen LogP contribution in [0.2, 0.25) is 0 Å². The van der Waals surface area contributed by atoms with Crippen LogP contribution in [0.25, 0.3) is 0 Å². The molecule has 7 heteroatoms. The Hall–Kier alpha value is -3.22. The Labute approximate surface area is 150 Å². The molecule has 1 saturated heterocycles. The van der Waals surface area contributed by atoms with Gasteiger partial charge in [-0.15, -0.1) is 0 Å². The van der Waals surface area contributed by atoms with Gasteiger partial charge in [-0.1, -0.05) is 42.5 Å². The zero-order valence-electron chi connectivity index (χ0n) is 14.0. The van der Waals surface area contributed by atoms with Crippen molar-refractivity contribution in [2.75, 3.05) is 13.1 Å². The van der Waals surface area contributed by atoms with E-state index in [0.717, 1.165) is 12.8 Å². The van der Waals surface area contributed by atoms with Gasteiger partial charge in [-0.3, -0.25) is 14.9 Å². The highest BCUT2D eigenvalue weighted by molar-refractivity contribution is 5.96. The van der Waals surface area contributed by atoms with E-state index in [9.17, 15) is 19.7 Å². The molecule has 0 bridgehead atoms. The van der Waals surface area contributed by atoms with Crippen molar-refractivity contribution in [1.82, 2.24) is 4.90 Å². The largest absolute Gasteiger partial charge is 0.443 e. The van der Waals surface area contributed by atoms with Gasteiger partial charge in [0.2, 0.25) is 6.10 Å². The van der Waals surface area contributed by atoms with Crippen molar-refractivity contribution in [2.24, 2.45) is 0 Å². The standard InChI is InChI=1S/C19H18N2O5/c22-18(20-12-6-7-13-20)17(14-8-2-1-3-9-14)26-19(23)15-10-4-5-11-16(15)21(24)25/h1-5,8-11,17H,6-7,12-13H2. The van der Waals surface area contributed by atoms with Gasteiger partial charge in [0.25, 0.3) is 11.6 Å². The van der Waals surface area contributed by atoms with E-state index in [1.54, 1.807) is 35.2 Å². The van der Waals surface area contributed by atoms with E-state index in [0.29, 0.717) is 18.7 Å². The maximum Gasteiger partial charge on any atom is 0.346 e. The molecule has 1 heterocycles. The average molecular weight is 354 g/mol. The van der Waals surface area contributed by atoms with E-state index < -0.39 is 17.0 Å². The molecule has 134 valence electrons. The number of para-hydroxylation sites is 1. The topological polar surface area (TPSA) is 89.8 Å². The van der Waals surface area contributed by atoms with Crippen LogP contribution in [0, 0.1) is 10.1 Å². The highest BCUT2D eigenvalue weighted by Crippen LogP contribution is 2.26. The first kappa shape index (κ1) is 17.6. The number of amides is 1. The zero-order chi connectivity index (χ0) is 18.5. The van der Waals surface area contributed by atoms with Gasteiger partial charge in [0.15, 0.2) is 0 Å².